The van der Waals surface area contributed by atoms with Gasteiger partial charge in [0.2, 0.25) is 0 Å². The fourth-order valence-electron chi connectivity index (χ4n) is 3.10. The fraction of sp³-hybridized carbons (Fsp3) is 0.467. The average Bonchev–Trinajstić information content (AvgIpc) is 2.86. The second kappa shape index (κ2) is 5.89. The van der Waals surface area contributed by atoms with Crippen molar-refractivity contribution in [3.05, 3.63) is 35.6 Å². The summed E-state index contributed by atoms with van der Waals surface area (Å²) >= 11 is 0. The molecule has 2 unspecified atom stereocenters. The van der Waals surface area contributed by atoms with Crippen molar-refractivity contribution in [1.29, 1.82) is 0 Å². The van der Waals surface area contributed by atoms with Crippen molar-refractivity contribution in [1.82, 2.24) is 5.32 Å². The van der Waals surface area contributed by atoms with Gasteiger partial charge in [-0.15, -0.1) is 12.4 Å². The molecule has 1 aromatic heterocycles. The first-order valence-electron chi connectivity index (χ1n) is 6.76. The van der Waals surface area contributed by atoms with Crippen molar-refractivity contribution in [3.63, 3.8) is 0 Å². The molecule has 1 saturated heterocycles. The molecule has 2 aromatic rings. The smallest absolute Gasteiger partial charge is 0.417 e. The molecular formula is C15H17ClF3NO. The summed E-state index contributed by atoms with van der Waals surface area (Å²) in [5.41, 5.74) is 0.664. The van der Waals surface area contributed by atoms with Crippen LogP contribution in [0.25, 0.3) is 11.0 Å². The van der Waals surface area contributed by atoms with Crippen molar-refractivity contribution in [2.45, 2.75) is 25.4 Å². The van der Waals surface area contributed by atoms with E-state index < -0.39 is 11.7 Å². The van der Waals surface area contributed by atoms with E-state index in [9.17, 15) is 13.2 Å². The van der Waals surface area contributed by atoms with Crippen LogP contribution in [0.3, 0.4) is 0 Å². The predicted molar refractivity (Wildman–Crippen MR) is 77.9 cm³/mol. The van der Waals surface area contributed by atoms with Crippen LogP contribution >= 0.6 is 12.4 Å². The van der Waals surface area contributed by atoms with Gasteiger partial charge in [-0.25, -0.2) is 0 Å². The van der Waals surface area contributed by atoms with Crippen molar-refractivity contribution in [2.75, 3.05) is 13.1 Å². The Balaban J connectivity index is 0.00000161. The van der Waals surface area contributed by atoms with Crippen LogP contribution in [0.2, 0.25) is 0 Å². The largest absolute Gasteiger partial charge is 0.464 e. The third-order valence-electron chi connectivity index (χ3n) is 4.14. The Morgan fingerprint density at radius 2 is 2.00 bits per heavy atom. The Morgan fingerprint density at radius 3 is 2.67 bits per heavy atom. The quantitative estimate of drug-likeness (QED) is 0.832. The van der Waals surface area contributed by atoms with Gasteiger partial charge in [0.1, 0.15) is 5.58 Å². The van der Waals surface area contributed by atoms with Crippen LogP contribution in [0, 0.1) is 5.92 Å². The van der Waals surface area contributed by atoms with Gasteiger partial charge in [0, 0.05) is 5.39 Å². The summed E-state index contributed by atoms with van der Waals surface area (Å²) in [4.78, 5) is 0. The number of hydrogen-bond acceptors (Lipinski definition) is 2. The van der Waals surface area contributed by atoms with E-state index in [1.807, 2.05) is 0 Å². The lowest BCUT2D eigenvalue weighted by atomic mass is 9.81. The molecule has 1 aromatic carbocycles. The Kier molecular flexibility index (Phi) is 4.54. The normalized spacial score (nSPS) is 23.0. The summed E-state index contributed by atoms with van der Waals surface area (Å²) in [5, 5.41) is 3.47. The maximum Gasteiger partial charge on any atom is 0.417 e. The number of benzene rings is 1. The fourth-order valence-corrected chi connectivity index (χ4v) is 3.10. The van der Waals surface area contributed by atoms with Gasteiger partial charge in [-0.1, -0.05) is 13.0 Å². The van der Waals surface area contributed by atoms with E-state index in [-0.39, 0.29) is 23.7 Å². The number of halogens is 4. The molecule has 3 rings (SSSR count). The van der Waals surface area contributed by atoms with E-state index in [2.05, 4.69) is 12.2 Å². The number of nitrogens with one attached hydrogen (secondary N) is 1. The highest BCUT2D eigenvalue weighted by atomic mass is 35.5. The Hall–Kier alpha value is -1.20. The SMILES string of the molecule is CC1CNCCC1c1ccc(C(F)(F)F)c2ccoc12.Cl. The van der Waals surface area contributed by atoms with Crippen molar-refractivity contribution in [3.8, 4) is 0 Å². The van der Waals surface area contributed by atoms with Crippen LogP contribution in [-0.2, 0) is 6.18 Å². The molecule has 0 amide bonds. The van der Waals surface area contributed by atoms with Gasteiger partial charge >= 0.3 is 6.18 Å². The Labute approximate surface area is 127 Å². The molecule has 0 aliphatic carbocycles. The van der Waals surface area contributed by atoms with E-state index in [0.717, 1.165) is 25.1 Å². The van der Waals surface area contributed by atoms with E-state index >= 15 is 0 Å². The number of fused-ring (bicyclic) bond motifs is 1. The van der Waals surface area contributed by atoms with E-state index in [4.69, 9.17) is 4.42 Å². The summed E-state index contributed by atoms with van der Waals surface area (Å²) in [6, 6.07) is 4.18. The lowest BCUT2D eigenvalue weighted by molar-refractivity contribution is -0.136. The molecule has 1 aliphatic rings. The number of alkyl halides is 3. The van der Waals surface area contributed by atoms with Crippen LogP contribution in [0.4, 0.5) is 13.2 Å². The highest BCUT2D eigenvalue weighted by Crippen LogP contribution is 2.40. The highest BCUT2D eigenvalue weighted by molar-refractivity contribution is 5.85. The first-order valence-corrected chi connectivity index (χ1v) is 6.76. The first kappa shape index (κ1) is 16.2. The second-order valence-corrected chi connectivity index (χ2v) is 5.44. The van der Waals surface area contributed by atoms with Gasteiger partial charge in [0.05, 0.1) is 11.8 Å². The summed E-state index contributed by atoms with van der Waals surface area (Å²) < 4.78 is 44.3. The second-order valence-electron chi connectivity index (χ2n) is 5.44. The van der Waals surface area contributed by atoms with Crippen LogP contribution in [-0.4, -0.2) is 13.1 Å². The summed E-state index contributed by atoms with van der Waals surface area (Å²) in [6.45, 7) is 3.88. The molecule has 116 valence electrons. The molecule has 2 heterocycles. The number of furan rings is 1. The maximum atomic E-state index is 13.0. The molecule has 1 N–H and O–H groups in total. The van der Waals surface area contributed by atoms with E-state index in [1.165, 1.54) is 18.4 Å². The van der Waals surface area contributed by atoms with Crippen LogP contribution < -0.4 is 5.32 Å². The highest BCUT2D eigenvalue weighted by Gasteiger charge is 2.35. The van der Waals surface area contributed by atoms with Crippen LogP contribution in [0.15, 0.2) is 28.9 Å². The molecule has 6 heteroatoms. The zero-order chi connectivity index (χ0) is 14.3. The monoisotopic (exact) mass is 319 g/mol. The average molecular weight is 320 g/mol. The molecule has 0 bridgehead atoms. The minimum Gasteiger partial charge on any atom is -0.464 e. The minimum absolute atomic E-state index is 0. The van der Waals surface area contributed by atoms with Crippen molar-refractivity contribution in [2.24, 2.45) is 5.92 Å². The predicted octanol–water partition coefficient (Wildman–Crippen LogP) is 4.59. The van der Waals surface area contributed by atoms with Gasteiger partial charge in [0.15, 0.2) is 0 Å². The van der Waals surface area contributed by atoms with Gasteiger partial charge < -0.3 is 9.73 Å². The third kappa shape index (κ3) is 2.90. The third-order valence-corrected chi connectivity index (χ3v) is 4.14. The lowest BCUT2D eigenvalue weighted by Gasteiger charge is -2.30. The number of rotatable bonds is 1. The maximum absolute atomic E-state index is 13.0. The zero-order valence-corrected chi connectivity index (χ0v) is 12.4. The van der Waals surface area contributed by atoms with Gasteiger partial charge in [-0.2, -0.15) is 13.2 Å². The number of piperidine rings is 1. The van der Waals surface area contributed by atoms with Gasteiger partial charge in [0.25, 0.3) is 0 Å². The molecular weight excluding hydrogens is 303 g/mol. The van der Waals surface area contributed by atoms with E-state index in [0.29, 0.717) is 11.5 Å². The van der Waals surface area contributed by atoms with Crippen molar-refractivity contribution >= 4 is 23.4 Å². The van der Waals surface area contributed by atoms with Gasteiger partial charge in [-0.3, -0.25) is 0 Å². The molecule has 21 heavy (non-hydrogen) atoms. The molecule has 2 nitrogen and oxygen atoms in total. The number of hydrogen-bond donors (Lipinski definition) is 1. The van der Waals surface area contributed by atoms with Crippen LogP contribution in [0.5, 0.6) is 0 Å². The van der Waals surface area contributed by atoms with Gasteiger partial charge in [-0.05, 0) is 49.0 Å². The standard InChI is InChI=1S/C15H16F3NO.ClH/c1-9-8-19-6-4-10(9)11-2-3-13(15(16,17)18)12-5-7-20-14(11)12;/h2-3,5,7,9-10,19H,4,6,8H2,1H3;1H. The molecule has 0 spiro atoms. The zero-order valence-electron chi connectivity index (χ0n) is 11.5. The summed E-state index contributed by atoms with van der Waals surface area (Å²) in [5.74, 6) is 0.626. The molecule has 1 fully saturated rings. The molecule has 2 atom stereocenters. The molecule has 0 saturated carbocycles. The Morgan fingerprint density at radius 1 is 1.24 bits per heavy atom. The summed E-state index contributed by atoms with van der Waals surface area (Å²) in [7, 11) is 0. The Bertz CT molecular complexity index is 623. The first-order chi connectivity index (χ1) is 9.48. The molecule has 0 radical (unpaired) electrons. The topological polar surface area (TPSA) is 25.2 Å². The minimum atomic E-state index is -4.35. The van der Waals surface area contributed by atoms with Crippen LogP contribution in [0.1, 0.15) is 30.4 Å². The van der Waals surface area contributed by atoms with E-state index in [1.54, 1.807) is 6.07 Å². The summed E-state index contributed by atoms with van der Waals surface area (Å²) in [6.07, 6.45) is -2.09. The van der Waals surface area contributed by atoms with Crippen molar-refractivity contribution < 1.29 is 17.6 Å². The molecule has 1 aliphatic heterocycles. The lowest BCUT2D eigenvalue weighted by Crippen LogP contribution is -2.33.